The van der Waals surface area contributed by atoms with Crippen molar-refractivity contribution in [1.82, 2.24) is 0 Å². The predicted molar refractivity (Wildman–Crippen MR) is 34.0 cm³/mol. The second-order valence-corrected chi connectivity index (χ2v) is 2.03. The van der Waals surface area contributed by atoms with Crippen molar-refractivity contribution < 1.29 is 24.5 Å². The molecule has 0 saturated heterocycles. The molecular weight excluding hydrogens is 152 g/mol. The zero-order valence-electron chi connectivity index (χ0n) is 5.64. The molecule has 1 rings (SSSR count). The first kappa shape index (κ1) is 7.87. The van der Waals surface area contributed by atoms with Gasteiger partial charge >= 0.3 is 6.16 Å². The Kier molecular flexibility index (Phi) is 2.32. The van der Waals surface area contributed by atoms with Crippen LogP contribution >= 0.6 is 0 Å². The summed E-state index contributed by atoms with van der Waals surface area (Å²) < 4.78 is 9.16. The summed E-state index contributed by atoms with van der Waals surface area (Å²) in [6.07, 6.45) is 0.107. The Morgan fingerprint density at radius 3 is 3.00 bits per heavy atom. The molecule has 0 aromatic carbocycles. The second-order valence-electron chi connectivity index (χ2n) is 2.03. The van der Waals surface area contributed by atoms with Gasteiger partial charge in [0.05, 0.1) is 12.9 Å². The van der Waals surface area contributed by atoms with Crippen LogP contribution in [-0.4, -0.2) is 35.2 Å². The van der Waals surface area contributed by atoms with Gasteiger partial charge in [-0.2, -0.15) is 0 Å². The highest BCUT2D eigenvalue weighted by Crippen LogP contribution is 2.13. The van der Waals surface area contributed by atoms with Gasteiger partial charge in [-0.1, -0.05) is 0 Å². The molecule has 0 amide bonds. The maximum absolute atomic E-state index is 10.0. The zero-order chi connectivity index (χ0) is 8.27. The van der Waals surface area contributed by atoms with Gasteiger partial charge in [-0.25, -0.2) is 4.79 Å². The lowest BCUT2D eigenvalue weighted by Gasteiger charge is -2.14. The van der Waals surface area contributed by atoms with Crippen molar-refractivity contribution in [2.24, 2.45) is 0 Å². The molecule has 0 spiro atoms. The SMILES string of the molecule is O=C(O)OC1C=COC1CO. The van der Waals surface area contributed by atoms with E-state index >= 15 is 0 Å². The zero-order valence-corrected chi connectivity index (χ0v) is 5.64. The van der Waals surface area contributed by atoms with E-state index in [1.807, 2.05) is 0 Å². The standard InChI is InChI=1S/C6H8O5/c7-3-5-4(1-2-10-5)11-6(8)9/h1-2,4-5,7H,3H2,(H,8,9). The number of hydrogen-bond acceptors (Lipinski definition) is 4. The Hall–Kier alpha value is -1.23. The number of aliphatic hydroxyl groups is 1. The maximum Gasteiger partial charge on any atom is 0.506 e. The fraction of sp³-hybridized carbons (Fsp3) is 0.500. The Morgan fingerprint density at radius 1 is 1.73 bits per heavy atom. The van der Waals surface area contributed by atoms with Crippen molar-refractivity contribution >= 4 is 6.16 Å². The molecule has 1 aliphatic heterocycles. The first-order valence-electron chi connectivity index (χ1n) is 3.06. The van der Waals surface area contributed by atoms with Crippen molar-refractivity contribution in [2.45, 2.75) is 12.2 Å². The van der Waals surface area contributed by atoms with Gasteiger partial charge in [-0.05, 0) is 6.08 Å². The Labute approximate surface area is 62.8 Å². The smallest absolute Gasteiger partial charge is 0.492 e. The van der Waals surface area contributed by atoms with E-state index in [4.69, 9.17) is 14.9 Å². The molecule has 2 unspecified atom stereocenters. The molecule has 1 aliphatic rings. The van der Waals surface area contributed by atoms with Gasteiger partial charge < -0.3 is 19.7 Å². The molecule has 0 saturated carbocycles. The molecule has 0 aliphatic carbocycles. The van der Waals surface area contributed by atoms with Gasteiger partial charge in [0.25, 0.3) is 0 Å². The van der Waals surface area contributed by atoms with Gasteiger partial charge in [0.1, 0.15) is 0 Å². The lowest BCUT2D eigenvalue weighted by molar-refractivity contribution is -0.00723. The van der Waals surface area contributed by atoms with Crippen LogP contribution < -0.4 is 0 Å². The summed E-state index contributed by atoms with van der Waals surface area (Å²) in [5.74, 6) is 0. The van der Waals surface area contributed by atoms with Gasteiger partial charge in [-0.15, -0.1) is 0 Å². The van der Waals surface area contributed by atoms with Crippen LogP contribution in [-0.2, 0) is 9.47 Å². The molecular formula is C6H8O5. The monoisotopic (exact) mass is 160 g/mol. The molecule has 0 aromatic heterocycles. The van der Waals surface area contributed by atoms with Crippen molar-refractivity contribution in [1.29, 1.82) is 0 Å². The summed E-state index contributed by atoms with van der Waals surface area (Å²) in [7, 11) is 0. The third-order valence-corrected chi connectivity index (χ3v) is 1.30. The highest BCUT2D eigenvalue weighted by atomic mass is 16.7. The van der Waals surface area contributed by atoms with Crippen LogP contribution in [0.15, 0.2) is 12.3 Å². The molecule has 0 fully saturated rings. The lowest BCUT2D eigenvalue weighted by atomic mass is 10.2. The average molecular weight is 160 g/mol. The molecule has 11 heavy (non-hydrogen) atoms. The second kappa shape index (κ2) is 3.25. The number of hydrogen-bond donors (Lipinski definition) is 2. The van der Waals surface area contributed by atoms with E-state index in [2.05, 4.69) is 4.74 Å². The van der Waals surface area contributed by atoms with E-state index in [9.17, 15) is 4.79 Å². The van der Waals surface area contributed by atoms with Gasteiger partial charge in [0.15, 0.2) is 12.2 Å². The molecule has 5 nitrogen and oxygen atoms in total. The van der Waals surface area contributed by atoms with Crippen LogP contribution in [0.4, 0.5) is 4.79 Å². The molecule has 62 valence electrons. The summed E-state index contributed by atoms with van der Waals surface area (Å²) >= 11 is 0. The van der Waals surface area contributed by atoms with Crippen LogP contribution in [0.1, 0.15) is 0 Å². The molecule has 0 bridgehead atoms. The Bertz CT molecular complexity index is 176. The van der Waals surface area contributed by atoms with Crippen molar-refractivity contribution in [3.8, 4) is 0 Å². The summed E-state index contributed by atoms with van der Waals surface area (Å²) in [6.45, 7) is -0.259. The minimum atomic E-state index is -1.37. The van der Waals surface area contributed by atoms with Crippen LogP contribution in [0.2, 0.25) is 0 Å². The first-order chi connectivity index (χ1) is 5.24. The molecule has 0 radical (unpaired) electrons. The van der Waals surface area contributed by atoms with E-state index in [-0.39, 0.29) is 6.61 Å². The van der Waals surface area contributed by atoms with Gasteiger partial charge in [0.2, 0.25) is 0 Å². The van der Waals surface area contributed by atoms with Crippen molar-refractivity contribution in [3.63, 3.8) is 0 Å². The van der Waals surface area contributed by atoms with E-state index in [0.29, 0.717) is 0 Å². The summed E-state index contributed by atoms with van der Waals surface area (Å²) in [5, 5.41) is 16.8. The fourth-order valence-corrected chi connectivity index (χ4v) is 0.804. The topological polar surface area (TPSA) is 76.0 Å². The molecule has 5 heteroatoms. The molecule has 1 heterocycles. The van der Waals surface area contributed by atoms with Crippen LogP contribution in [0, 0.1) is 0 Å². The molecule has 2 atom stereocenters. The number of aliphatic hydroxyl groups excluding tert-OH is 1. The quantitative estimate of drug-likeness (QED) is 0.554. The minimum absolute atomic E-state index is 0.259. The number of rotatable bonds is 2. The number of ether oxygens (including phenoxy) is 2. The highest BCUT2D eigenvalue weighted by molar-refractivity contribution is 5.57. The highest BCUT2D eigenvalue weighted by Gasteiger charge is 2.27. The summed E-state index contributed by atoms with van der Waals surface area (Å²) in [6, 6.07) is 0. The van der Waals surface area contributed by atoms with Crippen LogP contribution in [0.3, 0.4) is 0 Å². The normalized spacial score (nSPS) is 28.1. The average Bonchev–Trinajstić information content (AvgIpc) is 2.34. The van der Waals surface area contributed by atoms with Crippen molar-refractivity contribution in [2.75, 3.05) is 6.61 Å². The van der Waals surface area contributed by atoms with Gasteiger partial charge in [0, 0.05) is 0 Å². The third kappa shape index (κ3) is 1.84. The van der Waals surface area contributed by atoms with Crippen LogP contribution in [0.5, 0.6) is 0 Å². The minimum Gasteiger partial charge on any atom is -0.492 e. The van der Waals surface area contributed by atoms with Gasteiger partial charge in [-0.3, -0.25) is 0 Å². The van der Waals surface area contributed by atoms with E-state index in [1.165, 1.54) is 12.3 Å². The number of carboxylic acid groups (broad SMARTS) is 1. The van der Waals surface area contributed by atoms with E-state index in [0.717, 1.165) is 0 Å². The summed E-state index contributed by atoms with van der Waals surface area (Å²) in [4.78, 5) is 10.0. The number of carbonyl (C=O) groups is 1. The third-order valence-electron chi connectivity index (χ3n) is 1.30. The Balaban J connectivity index is 2.43. The first-order valence-corrected chi connectivity index (χ1v) is 3.06. The maximum atomic E-state index is 10.0. The summed E-state index contributed by atoms with van der Waals surface area (Å²) in [5.41, 5.74) is 0. The van der Waals surface area contributed by atoms with Crippen molar-refractivity contribution in [3.05, 3.63) is 12.3 Å². The molecule has 2 N–H and O–H groups in total. The van der Waals surface area contributed by atoms with Crippen LogP contribution in [0.25, 0.3) is 0 Å². The Morgan fingerprint density at radius 2 is 2.45 bits per heavy atom. The predicted octanol–water partition coefficient (Wildman–Crippen LogP) is -0.0456. The lowest BCUT2D eigenvalue weighted by Crippen LogP contribution is -2.29. The van der Waals surface area contributed by atoms with E-state index in [1.54, 1.807) is 0 Å². The molecule has 0 aromatic rings. The van der Waals surface area contributed by atoms with E-state index < -0.39 is 18.4 Å². The fourth-order valence-electron chi connectivity index (χ4n) is 0.804. The largest absolute Gasteiger partial charge is 0.506 e.